The van der Waals surface area contributed by atoms with Crippen molar-refractivity contribution < 1.29 is 14.2 Å². The maximum absolute atomic E-state index is 13.4. The predicted molar refractivity (Wildman–Crippen MR) is 52.4 cm³/mol. The van der Waals surface area contributed by atoms with Gasteiger partial charge in [-0.2, -0.15) is 0 Å². The summed E-state index contributed by atoms with van der Waals surface area (Å²) < 4.78 is 18.3. The topological polar surface area (TPSA) is 29.5 Å². The van der Waals surface area contributed by atoms with Gasteiger partial charge in [0.25, 0.3) is 0 Å². The Hall–Kier alpha value is -0.930. The summed E-state index contributed by atoms with van der Waals surface area (Å²) in [7, 11) is 1.50. The number of aliphatic hydroxyl groups is 1. The van der Waals surface area contributed by atoms with Crippen molar-refractivity contribution in [3.05, 3.63) is 35.1 Å². The molecule has 78 valence electrons. The second-order valence-electron chi connectivity index (χ2n) is 3.76. The average Bonchev–Trinajstić information content (AvgIpc) is 2.07. The zero-order chi connectivity index (χ0) is 10.8. The van der Waals surface area contributed by atoms with E-state index in [-0.39, 0.29) is 12.4 Å². The molecule has 0 aliphatic rings. The van der Waals surface area contributed by atoms with E-state index in [9.17, 15) is 9.50 Å². The van der Waals surface area contributed by atoms with Crippen molar-refractivity contribution in [3.63, 3.8) is 0 Å². The molecule has 0 bridgehead atoms. The second-order valence-corrected chi connectivity index (χ2v) is 3.76. The van der Waals surface area contributed by atoms with Crippen LogP contribution in [0.1, 0.15) is 25.0 Å². The average molecular weight is 198 g/mol. The van der Waals surface area contributed by atoms with Crippen molar-refractivity contribution >= 4 is 0 Å². The van der Waals surface area contributed by atoms with Crippen LogP contribution in [0, 0.1) is 5.82 Å². The Morgan fingerprint density at radius 1 is 1.43 bits per heavy atom. The fraction of sp³-hybridized carbons (Fsp3) is 0.455. The van der Waals surface area contributed by atoms with Crippen molar-refractivity contribution in [1.82, 2.24) is 0 Å². The van der Waals surface area contributed by atoms with E-state index in [1.165, 1.54) is 13.2 Å². The molecule has 3 heteroatoms. The second kappa shape index (κ2) is 4.07. The maximum atomic E-state index is 13.4. The molecule has 0 aliphatic carbocycles. The highest BCUT2D eigenvalue weighted by Gasteiger charge is 2.21. The van der Waals surface area contributed by atoms with E-state index in [1.807, 2.05) is 0 Å². The predicted octanol–water partition coefficient (Wildman–Crippen LogP) is 2.20. The van der Waals surface area contributed by atoms with Gasteiger partial charge in [-0.3, -0.25) is 0 Å². The molecule has 0 unspecified atom stereocenters. The van der Waals surface area contributed by atoms with Gasteiger partial charge < -0.3 is 9.84 Å². The van der Waals surface area contributed by atoms with Gasteiger partial charge in [-0.25, -0.2) is 4.39 Å². The lowest BCUT2D eigenvalue weighted by atomic mass is 9.93. The third-order valence-electron chi connectivity index (χ3n) is 2.07. The smallest absolute Gasteiger partial charge is 0.129 e. The number of benzene rings is 1. The Labute approximate surface area is 83.3 Å². The molecule has 0 saturated carbocycles. The van der Waals surface area contributed by atoms with Crippen molar-refractivity contribution in [2.45, 2.75) is 26.1 Å². The molecular weight excluding hydrogens is 183 g/mol. The molecular formula is C11H15FO2. The van der Waals surface area contributed by atoms with Gasteiger partial charge in [-0.15, -0.1) is 0 Å². The molecule has 1 rings (SSSR count). The summed E-state index contributed by atoms with van der Waals surface area (Å²) in [6.07, 6.45) is 0. The Bertz CT molecular complexity index is 316. The number of halogens is 1. The molecule has 0 atom stereocenters. The highest BCUT2D eigenvalue weighted by Crippen LogP contribution is 2.25. The number of rotatable bonds is 3. The lowest BCUT2D eigenvalue weighted by molar-refractivity contribution is 0.0738. The van der Waals surface area contributed by atoms with Gasteiger partial charge in [0.05, 0.1) is 12.2 Å². The van der Waals surface area contributed by atoms with Crippen LogP contribution in [-0.4, -0.2) is 12.2 Å². The third-order valence-corrected chi connectivity index (χ3v) is 2.07. The zero-order valence-electron chi connectivity index (χ0n) is 8.67. The van der Waals surface area contributed by atoms with Gasteiger partial charge >= 0.3 is 0 Å². The third kappa shape index (κ3) is 2.30. The Morgan fingerprint density at radius 3 is 2.57 bits per heavy atom. The largest absolute Gasteiger partial charge is 0.386 e. The summed E-state index contributed by atoms with van der Waals surface area (Å²) in [4.78, 5) is 0. The number of hydrogen-bond acceptors (Lipinski definition) is 2. The van der Waals surface area contributed by atoms with Crippen molar-refractivity contribution in [2.75, 3.05) is 7.11 Å². The molecule has 0 amide bonds. The van der Waals surface area contributed by atoms with E-state index in [0.29, 0.717) is 11.1 Å². The molecule has 0 aromatic heterocycles. The van der Waals surface area contributed by atoms with Crippen LogP contribution in [0.5, 0.6) is 0 Å². The van der Waals surface area contributed by atoms with E-state index >= 15 is 0 Å². The first-order valence-electron chi connectivity index (χ1n) is 4.46. The molecule has 0 spiro atoms. The summed E-state index contributed by atoms with van der Waals surface area (Å²) in [5, 5.41) is 9.80. The van der Waals surface area contributed by atoms with Crippen molar-refractivity contribution in [1.29, 1.82) is 0 Å². The summed E-state index contributed by atoms with van der Waals surface area (Å²) in [6.45, 7) is 3.42. The maximum Gasteiger partial charge on any atom is 0.129 e. The van der Waals surface area contributed by atoms with Crippen LogP contribution in [0.4, 0.5) is 4.39 Å². The molecule has 14 heavy (non-hydrogen) atoms. The molecule has 2 nitrogen and oxygen atoms in total. The van der Waals surface area contributed by atoms with Crippen LogP contribution in [0.2, 0.25) is 0 Å². The minimum atomic E-state index is -1.05. The first-order chi connectivity index (χ1) is 6.46. The van der Waals surface area contributed by atoms with Gasteiger partial charge in [0, 0.05) is 12.7 Å². The minimum Gasteiger partial charge on any atom is -0.386 e. The van der Waals surface area contributed by atoms with Crippen LogP contribution in [-0.2, 0) is 16.9 Å². The van der Waals surface area contributed by atoms with Gasteiger partial charge in [-0.1, -0.05) is 12.1 Å². The fourth-order valence-electron chi connectivity index (χ4n) is 1.42. The Kier molecular flexibility index (Phi) is 3.24. The summed E-state index contributed by atoms with van der Waals surface area (Å²) in [5.74, 6) is -0.341. The van der Waals surface area contributed by atoms with Crippen LogP contribution in [0.15, 0.2) is 18.2 Å². The Morgan fingerprint density at radius 2 is 2.07 bits per heavy atom. The van der Waals surface area contributed by atoms with Crippen molar-refractivity contribution in [2.24, 2.45) is 0 Å². The van der Waals surface area contributed by atoms with Crippen LogP contribution < -0.4 is 0 Å². The van der Waals surface area contributed by atoms with Gasteiger partial charge in [0.1, 0.15) is 5.82 Å². The molecule has 0 heterocycles. The lowest BCUT2D eigenvalue weighted by Crippen LogP contribution is -2.19. The van der Waals surface area contributed by atoms with Crippen molar-refractivity contribution in [3.8, 4) is 0 Å². The Balaban J connectivity index is 3.21. The van der Waals surface area contributed by atoms with Gasteiger partial charge in [-0.05, 0) is 25.5 Å². The normalized spacial score (nSPS) is 11.8. The molecule has 1 N–H and O–H groups in total. The standard InChI is InChI=1S/C11H15FO2/c1-11(2,13)9-5-4-6-10(12)8(9)7-14-3/h4-6,13H,7H2,1-3H3. The minimum absolute atomic E-state index is 0.173. The lowest BCUT2D eigenvalue weighted by Gasteiger charge is -2.21. The quantitative estimate of drug-likeness (QED) is 0.806. The summed E-state index contributed by atoms with van der Waals surface area (Å²) in [5.41, 5.74) is -0.0578. The number of methoxy groups -OCH3 is 1. The van der Waals surface area contributed by atoms with E-state index in [4.69, 9.17) is 4.74 Å². The molecule has 0 fully saturated rings. The summed E-state index contributed by atoms with van der Waals surface area (Å²) >= 11 is 0. The highest BCUT2D eigenvalue weighted by molar-refractivity contribution is 5.32. The zero-order valence-corrected chi connectivity index (χ0v) is 8.67. The first kappa shape index (κ1) is 11.1. The van der Waals surface area contributed by atoms with E-state index < -0.39 is 5.60 Å². The molecule has 1 aromatic rings. The highest BCUT2D eigenvalue weighted by atomic mass is 19.1. The summed E-state index contributed by atoms with van der Waals surface area (Å²) in [6, 6.07) is 4.66. The van der Waals surface area contributed by atoms with E-state index in [2.05, 4.69) is 0 Å². The SMILES string of the molecule is COCc1c(F)cccc1C(C)(C)O. The van der Waals surface area contributed by atoms with Gasteiger partial charge in [0.15, 0.2) is 0 Å². The van der Waals surface area contributed by atoms with Gasteiger partial charge in [0.2, 0.25) is 0 Å². The molecule has 0 radical (unpaired) electrons. The molecule has 1 aromatic carbocycles. The number of ether oxygens (including phenoxy) is 1. The van der Waals surface area contributed by atoms with E-state index in [1.54, 1.807) is 26.0 Å². The monoisotopic (exact) mass is 198 g/mol. The van der Waals surface area contributed by atoms with Crippen LogP contribution in [0.25, 0.3) is 0 Å². The molecule has 0 aliphatic heterocycles. The van der Waals surface area contributed by atoms with E-state index in [0.717, 1.165) is 0 Å². The molecule has 0 saturated heterocycles. The van der Waals surface area contributed by atoms with Crippen LogP contribution in [0.3, 0.4) is 0 Å². The van der Waals surface area contributed by atoms with Crippen LogP contribution >= 0.6 is 0 Å². The number of hydrogen-bond donors (Lipinski definition) is 1. The first-order valence-corrected chi connectivity index (χ1v) is 4.46. The fourth-order valence-corrected chi connectivity index (χ4v) is 1.42.